The van der Waals surface area contributed by atoms with Crippen LogP contribution in [0.1, 0.15) is 55.2 Å². The Balaban J connectivity index is 1.01. The van der Waals surface area contributed by atoms with Gasteiger partial charge in [0.15, 0.2) is 6.10 Å². The molecule has 4 fully saturated rings. The van der Waals surface area contributed by atoms with Crippen LogP contribution < -0.4 is 11.1 Å². The molecule has 11 nitrogen and oxygen atoms in total. The molecule has 4 amide bonds. The first-order chi connectivity index (χ1) is 24.9. The van der Waals surface area contributed by atoms with Crippen LogP contribution in [0.3, 0.4) is 0 Å². The van der Waals surface area contributed by atoms with Crippen molar-refractivity contribution in [3.05, 3.63) is 58.1 Å². The highest BCUT2D eigenvalue weighted by atomic mass is 35.5. The molecule has 2 bridgehead atoms. The second-order valence-electron chi connectivity index (χ2n) is 14.9. The third kappa shape index (κ3) is 7.65. The summed E-state index contributed by atoms with van der Waals surface area (Å²) in [5.74, 6) is -0.450. The summed E-state index contributed by atoms with van der Waals surface area (Å²) in [5.41, 5.74) is 5.93. The van der Waals surface area contributed by atoms with E-state index >= 15 is 0 Å². The highest BCUT2D eigenvalue weighted by Gasteiger charge is 2.42. The van der Waals surface area contributed by atoms with Crippen molar-refractivity contribution in [1.29, 1.82) is 0 Å². The van der Waals surface area contributed by atoms with Gasteiger partial charge in [-0.25, -0.2) is 9.59 Å². The van der Waals surface area contributed by atoms with E-state index < -0.39 is 35.5 Å². The zero-order valence-electron chi connectivity index (χ0n) is 29.4. The molecule has 0 radical (unpaired) electrons. The number of likely N-dealkylation sites (tertiary alicyclic amines) is 1. The molecular weight excluding hydrogens is 699 g/mol. The maximum absolute atomic E-state index is 14.1. The van der Waals surface area contributed by atoms with Gasteiger partial charge in [-0.2, -0.15) is 13.2 Å². The third-order valence-electron chi connectivity index (χ3n) is 12.0. The second-order valence-corrected chi connectivity index (χ2v) is 15.3. The van der Waals surface area contributed by atoms with E-state index in [2.05, 4.69) is 22.2 Å². The van der Waals surface area contributed by atoms with Crippen LogP contribution in [0.4, 0.5) is 34.1 Å². The summed E-state index contributed by atoms with van der Waals surface area (Å²) in [6, 6.07) is 11.2. The smallest absolute Gasteiger partial charge is 0.418 e. The number of nitrogens with one attached hydrogen (secondary N) is 1. The van der Waals surface area contributed by atoms with Crippen molar-refractivity contribution >= 4 is 41.0 Å². The van der Waals surface area contributed by atoms with E-state index in [1.54, 1.807) is 4.90 Å². The first-order valence-electron chi connectivity index (χ1n) is 18.4. The number of rotatable bonds is 6. The summed E-state index contributed by atoms with van der Waals surface area (Å²) in [6.45, 7) is 3.35. The quantitative estimate of drug-likeness (QED) is 0.386. The van der Waals surface area contributed by atoms with Crippen molar-refractivity contribution in [2.45, 2.75) is 87.8 Å². The number of nitrogens with zero attached hydrogens (tertiary/aromatic N) is 5. The Morgan fingerprint density at radius 3 is 2.27 bits per heavy atom. The maximum Gasteiger partial charge on any atom is 0.418 e. The molecule has 0 aliphatic carbocycles. The Kier molecular flexibility index (Phi) is 10.5. The predicted molar refractivity (Wildman–Crippen MR) is 191 cm³/mol. The van der Waals surface area contributed by atoms with Crippen molar-refractivity contribution in [3.63, 3.8) is 0 Å². The number of amides is 4. The number of nitrogens with two attached hydrogens (primary N) is 1. The number of hydrogen-bond acceptors (Lipinski definition) is 7. The van der Waals surface area contributed by atoms with Crippen LogP contribution in [0, 0.1) is 0 Å². The van der Waals surface area contributed by atoms with Crippen LogP contribution >= 0.6 is 11.6 Å². The minimum absolute atomic E-state index is 0.0880. The van der Waals surface area contributed by atoms with E-state index in [0.29, 0.717) is 83.2 Å². The van der Waals surface area contributed by atoms with Gasteiger partial charge >= 0.3 is 18.3 Å². The SMILES string of the molecule is CN1C2CCC1CC(N1CCN(C(=O)[C@@H](Cc3cc(Cl)c(N)c(C(F)(F)F)c3)OC(=O)N3CCC(N4CCc5ccccc5NC4=O)CC3)CC1)C2. The minimum Gasteiger partial charge on any atom is -0.436 e. The lowest BCUT2D eigenvalue weighted by molar-refractivity contribution is -0.143. The average molecular weight is 746 g/mol. The second kappa shape index (κ2) is 14.9. The molecule has 0 aromatic heterocycles. The van der Waals surface area contributed by atoms with Crippen LogP contribution in [0.2, 0.25) is 5.02 Å². The topological polar surface area (TPSA) is 115 Å². The Labute approximate surface area is 307 Å². The fourth-order valence-electron chi connectivity index (χ4n) is 8.91. The number of piperazine rings is 1. The average Bonchev–Trinajstić information content (AvgIpc) is 3.27. The molecule has 4 saturated heterocycles. The Morgan fingerprint density at radius 1 is 0.923 bits per heavy atom. The molecule has 7 rings (SSSR count). The van der Waals surface area contributed by atoms with Gasteiger partial charge in [-0.3, -0.25) is 9.69 Å². The molecular formula is C37H47ClF3N7O4. The van der Waals surface area contributed by atoms with Gasteiger partial charge in [-0.15, -0.1) is 0 Å². The lowest BCUT2D eigenvalue weighted by Crippen LogP contribution is -2.57. The highest BCUT2D eigenvalue weighted by molar-refractivity contribution is 6.33. The standard InChI is InChI=1S/C37H47ClF3N7O4/c1-44-26-6-7-27(44)22-28(21-26)45-14-16-46(17-15-45)34(49)32(20-23-18-29(37(39,40)41)33(42)30(38)19-23)52-36(51)47-11-9-25(10-12-47)48-13-8-24-4-2-3-5-31(24)43-35(48)50/h2-5,18-19,25-28,32H,6-17,20-22,42H2,1H3,(H,43,50)/t26?,27?,28?,32-/m1/s1. The Hall–Kier alpha value is -3.75. The lowest BCUT2D eigenvalue weighted by atomic mass is 9.96. The van der Waals surface area contributed by atoms with Crippen LogP contribution in [-0.2, 0) is 28.5 Å². The largest absolute Gasteiger partial charge is 0.436 e. The summed E-state index contributed by atoms with van der Waals surface area (Å²) in [6.07, 6.45) is -0.767. The number of para-hydroxylation sites is 1. The van der Waals surface area contributed by atoms with Crippen molar-refractivity contribution in [2.75, 3.05) is 63.9 Å². The van der Waals surface area contributed by atoms with Gasteiger partial charge in [0.1, 0.15) is 0 Å². The number of piperidine rings is 2. The van der Waals surface area contributed by atoms with E-state index in [9.17, 15) is 27.6 Å². The molecule has 2 aromatic carbocycles. The van der Waals surface area contributed by atoms with Crippen molar-refractivity contribution in [3.8, 4) is 0 Å². The molecule has 5 aliphatic rings. The van der Waals surface area contributed by atoms with Crippen LogP contribution in [-0.4, -0.2) is 126 Å². The van der Waals surface area contributed by atoms with Gasteiger partial charge in [0.2, 0.25) is 0 Å². The van der Waals surface area contributed by atoms with Gasteiger partial charge in [0, 0.05) is 82.1 Å². The van der Waals surface area contributed by atoms with Gasteiger partial charge in [0.25, 0.3) is 5.91 Å². The first kappa shape index (κ1) is 36.6. The molecule has 0 saturated carbocycles. The van der Waals surface area contributed by atoms with Crippen molar-refractivity contribution in [2.24, 2.45) is 0 Å². The maximum atomic E-state index is 14.1. The summed E-state index contributed by atoms with van der Waals surface area (Å²) in [5, 5.41) is 2.71. The molecule has 3 N–H and O–H groups in total. The molecule has 5 heterocycles. The molecule has 5 aliphatic heterocycles. The fraction of sp³-hybridized carbons (Fsp3) is 0.595. The molecule has 3 atom stereocenters. The number of alkyl halides is 3. The predicted octanol–water partition coefficient (Wildman–Crippen LogP) is 5.31. The highest BCUT2D eigenvalue weighted by Crippen LogP contribution is 2.39. The minimum atomic E-state index is -4.76. The van der Waals surface area contributed by atoms with E-state index in [4.69, 9.17) is 22.1 Å². The van der Waals surface area contributed by atoms with Crippen molar-refractivity contribution in [1.82, 2.24) is 24.5 Å². The van der Waals surface area contributed by atoms with E-state index in [1.807, 2.05) is 29.2 Å². The van der Waals surface area contributed by atoms with Crippen LogP contribution in [0.15, 0.2) is 36.4 Å². The normalized spacial score (nSPS) is 25.4. The molecule has 15 heteroatoms. The molecule has 0 spiro atoms. The third-order valence-corrected chi connectivity index (χ3v) is 12.3. The van der Waals surface area contributed by atoms with Crippen LogP contribution in [0.5, 0.6) is 0 Å². The van der Waals surface area contributed by atoms with Crippen molar-refractivity contribution < 1.29 is 32.3 Å². The van der Waals surface area contributed by atoms with Gasteiger partial charge in [0.05, 0.1) is 16.3 Å². The number of carbonyl (C=O) groups excluding carboxylic acids is 3. The zero-order chi connectivity index (χ0) is 36.7. The monoisotopic (exact) mass is 745 g/mol. The van der Waals surface area contributed by atoms with Gasteiger partial charge in [-0.05, 0) is 81.3 Å². The molecule has 52 heavy (non-hydrogen) atoms. The van der Waals surface area contributed by atoms with Gasteiger partial charge in [-0.1, -0.05) is 29.8 Å². The Bertz CT molecular complexity index is 1650. The number of anilines is 2. The number of fused-ring (bicyclic) bond motifs is 3. The summed E-state index contributed by atoms with van der Waals surface area (Å²) >= 11 is 6.14. The summed E-state index contributed by atoms with van der Waals surface area (Å²) < 4.78 is 47.4. The summed E-state index contributed by atoms with van der Waals surface area (Å²) in [4.78, 5) is 50.7. The number of nitrogen functional groups attached to an aromatic ring is 1. The number of halogens is 4. The number of hydrogen-bond donors (Lipinski definition) is 2. The number of urea groups is 1. The van der Waals surface area contributed by atoms with Gasteiger partial charge < -0.3 is 35.4 Å². The number of benzene rings is 2. The molecule has 282 valence electrons. The van der Waals surface area contributed by atoms with E-state index in [-0.39, 0.29) is 29.1 Å². The fourth-order valence-corrected chi connectivity index (χ4v) is 9.15. The molecule has 2 aromatic rings. The summed E-state index contributed by atoms with van der Waals surface area (Å²) in [7, 11) is 2.21. The molecule has 2 unspecified atom stereocenters. The van der Waals surface area contributed by atoms with Crippen LogP contribution in [0.25, 0.3) is 0 Å². The lowest BCUT2D eigenvalue weighted by Gasteiger charge is -2.45. The first-order valence-corrected chi connectivity index (χ1v) is 18.7. The number of carbonyl (C=O) groups is 3. The zero-order valence-corrected chi connectivity index (χ0v) is 30.2. The Morgan fingerprint density at radius 2 is 1.60 bits per heavy atom. The van der Waals surface area contributed by atoms with E-state index in [1.165, 1.54) is 23.8 Å². The number of ether oxygens (including phenoxy) is 1. The van der Waals surface area contributed by atoms with E-state index in [0.717, 1.165) is 30.2 Å².